The molecule has 2 aromatic carbocycles. The van der Waals surface area contributed by atoms with Gasteiger partial charge in [0.25, 0.3) is 0 Å². The molecule has 1 saturated heterocycles. The number of rotatable bonds is 9. The Labute approximate surface area is 230 Å². The molecule has 2 N–H and O–H groups in total. The van der Waals surface area contributed by atoms with Crippen molar-refractivity contribution in [2.45, 2.75) is 65.5 Å². The highest BCUT2D eigenvalue weighted by atomic mass is 19.1. The van der Waals surface area contributed by atoms with Crippen molar-refractivity contribution in [1.29, 1.82) is 5.41 Å². The third kappa shape index (κ3) is 5.69. The van der Waals surface area contributed by atoms with Gasteiger partial charge in [0.2, 0.25) is 0 Å². The molecule has 2 aromatic rings. The minimum Gasteiger partial charge on any atom is -0.494 e. The average Bonchev–Trinajstić information content (AvgIpc) is 3.20. The molecule has 0 atom stereocenters. The summed E-state index contributed by atoms with van der Waals surface area (Å²) in [5.74, 6) is 0.178. The van der Waals surface area contributed by atoms with Crippen LogP contribution in [0.2, 0.25) is 0 Å². The lowest BCUT2D eigenvalue weighted by Crippen LogP contribution is -2.36. The van der Waals surface area contributed by atoms with Crippen LogP contribution in [0.4, 0.5) is 10.1 Å². The Hall–Kier alpha value is -3.33. The van der Waals surface area contributed by atoms with Crippen LogP contribution in [-0.4, -0.2) is 67.7 Å². The molecule has 212 valence electrons. The number of ketones is 1. The van der Waals surface area contributed by atoms with Gasteiger partial charge in [-0.2, -0.15) is 0 Å². The summed E-state index contributed by atoms with van der Waals surface area (Å²) in [4.78, 5) is 17.4. The summed E-state index contributed by atoms with van der Waals surface area (Å²) in [7, 11) is 1.64. The fourth-order valence-corrected chi connectivity index (χ4v) is 5.31. The maximum atomic E-state index is 15.5. The molecule has 0 bridgehead atoms. The van der Waals surface area contributed by atoms with Crippen LogP contribution >= 0.6 is 0 Å². The summed E-state index contributed by atoms with van der Waals surface area (Å²) in [5.41, 5.74) is 2.69. The predicted octanol–water partition coefficient (Wildman–Crippen LogP) is 4.91. The number of Topliss-reactive ketones (excluding diaryl/α,β-unsaturated/α-hetero) is 1. The van der Waals surface area contributed by atoms with E-state index in [0.717, 1.165) is 17.0 Å². The standard InChI is InChI=1S/C30H40FN3O5/c1-7-38-24-15-19-16-34(29(32)25(19)26(31)28(24)39-8-2)17-23(36)18-13-21(30(3,4)5)27(37-6)22(14-18)33-11-9-20(35)10-12-33/h13-15,20,32,35H,7-12,16-17H2,1-6H3. The van der Waals surface area contributed by atoms with Gasteiger partial charge in [-0.05, 0) is 55.9 Å². The lowest BCUT2D eigenvalue weighted by atomic mass is 9.84. The third-order valence-electron chi connectivity index (χ3n) is 7.31. The van der Waals surface area contributed by atoms with Crippen LogP contribution in [-0.2, 0) is 12.0 Å². The third-order valence-corrected chi connectivity index (χ3v) is 7.31. The van der Waals surface area contributed by atoms with Crippen molar-refractivity contribution in [2.24, 2.45) is 0 Å². The Kier molecular flexibility index (Phi) is 8.39. The molecule has 1 fully saturated rings. The topological polar surface area (TPSA) is 95.3 Å². The van der Waals surface area contributed by atoms with Crippen molar-refractivity contribution in [2.75, 3.05) is 44.9 Å². The number of fused-ring (bicyclic) bond motifs is 1. The molecule has 0 unspecified atom stereocenters. The lowest BCUT2D eigenvalue weighted by molar-refractivity contribution is 0.0962. The van der Waals surface area contributed by atoms with E-state index in [2.05, 4.69) is 25.7 Å². The Morgan fingerprint density at radius 3 is 2.36 bits per heavy atom. The van der Waals surface area contributed by atoms with Crippen LogP contribution in [0.25, 0.3) is 0 Å². The Bertz CT molecular complexity index is 1250. The fourth-order valence-electron chi connectivity index (χ4n) is 5.31. The molecular formula is C30H40FN3O5. The van der Waals surface area contributed by atoms with Gasteiger partial charge in [-0.25, -0.2) is 4.39 Å². The monoisotopic (exact) mass is 541 g/mol. The molecule has 0 aliphatic carbocycles. The molecule has 39 heavy (non-hydrogen) atoms. The largest absolute Gasteiger partial charge is 0.494 e. The first-order valence-electron chi connectivity index (χ1n) is 13.6. The number of nitrogens with one attached hydrogen (secondary N) is 1. The van der Waals surface area contributed by atoms with Crippen LogP contribution in [0.5, 0.6) is 17.2 Å². The molecule has 0 spiro atoms. The molecule has 8 nitrogen and oxygen atoms in total. The van der Waals surface area contributed by atoms with Crippen molar-refractivity contribution in [1.82, 2.24) is 4.90 Å². The lowest BCUT2D eigenvalue weighted by Gasteiger charge is -2.35. The van der Waals surface area contributed by atoms with Crippen LogP contribution in [0.3, 0.4) is 0 Å². The summed E-state index contributed by atoms with van der Waals surface area (Å²) in [6, 6.07) is 5.43. The van der Waals surface area contributed by atoms with Gasteiger partial charge >= 0.3 is 0 Å². The first-order chi connectivity index (χ1) is 18.5. The molecule has 4 rings (SSSR count). The van der Waals surface area contributed by atoms with Gasteiger partial charge in [-0.15, -0.1) is 0 Å². The number of piperidine rings is 1. The Morgan fingerprint density at radius 1 is 1.10 bits per heavy atom. The highest BCUT2D eigenvalue weighted by Gasteiger charge is 2.34. The number of hydrogen-bond donors (Lipinski definition) is 2. The zero-order valence-electron chi connectivity index (χ0n) is 23.8. The number of carbonyl (C=O) groups is 1. The van der Waals surface area contributed by atoms with Crippen LogP contribution in [0.15, 0.2) is 18.2 Å². The van der Waals surface area contributed by atoms with Gasteiger partial charge in [0, 0.05) is 30.8 Å². The molecule has 0 amide bonds. The maximum Gasteiger partial charge on any atom is 0.197 e. The number of aliphatic hydroxyl groups is 1. The van der Waals surface area contributed by atoms with Gasteiger partial charge in [0.1, 0.15) is 11.6 Å². The van der Waals surface area contributed by atoms with Crippen molar-refractivity contribution < 1.29 is 28.5 Å². The summed E-state index contributed by atoms with van der Waals surface area (Å²) in [5, 5.41) is 18.7. The summed E-state index contributed by atoms with van der Waals surface area (Å²) in [6.07, 6.45) is 0.969. The van der Waals surface area contributed by atoms with E-state index < -0.39 is 5.82 Å². The van der Waals surface area contributed by atoms with Crippen molar-refractivity contribution >= 4 is 17.3 Å². The number of amidine groups is 1. The van der Waals surface area contributed by atoms with E-state index in [1.807, 2.05) is 19.1 Å². The van der Waals surface area contributed by atoms with E-state index in [9.17, 15) is 9.90 Å². The second kappa shape index (κ2) is 11.4. The van der Waals surface area contributed by atoms with E-state index in [1.165, 1.54) is 0 Å². The fraction of sp³-hybridized carbons (Fsp3) is 0.533. The second-order valence-corrected chi connectivity index (χ2v) is 11.1. The van der Waals surface area contributed by atoms with Crippen molar-refractivity contribution in [3.8, 4) is 17.2 Å². The van der Waals surface area contributed by atoms with Gasteiger partial charge < -0.3 is 29.1 Å². The highest BCUT2D eigenvalue weighted by molar-refractivity contribution is 6.06. The predicted molar refractivity (Wildman–Crippen MR) is 149 cm³/mol. The van der Waals surface area contributed by atoms with Crippen molar-refractivity contribution in [3.05, 3.63) is 46.3 Å². The number of halogens is 1. The zero-order chi connectivity index (χ0) is 28.5. The Balaban J connectivity index is 1.66. The molecule has 9 heteroatoms. The molecule has 2 aliphatic rings. The van der Waals surface area contributed by atoms with Gasteiger partial charge in [-0.3, -0.25) is 10.2 Å². The van der Waals surface area contributed by atoms with Gasteiger partial charge in [0.05, 0.1) is 44.2 Å². The summed E-state index contributed by atoms with van der Waals surface area (Å²) in [6.45, 7) is 11.9. The Morgan fingerprint density at radius 2 is 1.77 bits per heavy atom. The van der Waals surface area contributed by atoms with E-state index in [4.69, 9.17) is 19.6 Å². The SMILES string of the molecule is CCOc1cc2c(c(F)c1OCC)C(=N)N(CC(=O)c1cc(N3CCC(O)CC3)c(OC)c(C(C)(C)C)c1)C2. The summed E-state index contributed by atoms with van der Waals surface area (Å²) >= 11 is 0. The van der Waals surface area contributed by atoms with Crippen LogP contribution in [0, 0.1) is 11.2 Å². The number of methoxy groups -OCH3 is 1. The number of ether oxygens (including phenoxy) is 3. The molecule has 0 radical (unpaired) electrons. The van der Waals surface area contributed by atoms with E-state index in [1.54, 1.807) is 25.0 Å². The van der Waals surface area contributed by atoms with E-state index in [-0.39, 0.29) is 54.1 Å². The minimum atomic E-state index is -0.633. The van der Waals surface area contributed by atoms with Crippen LogP contribution in [0.1, 0.15) is 74.5 Å². The van der Waals surface area contributed by atoms with Gasteiger partial charge in [0.15, 0.2) is 23.1 Å². The molecule has 2 heterocycles. The number of benzene rings is 2. The van der Waals surface area contributed by atoms with E-state index >= 15 is 4.39 Å². The first-order valence-corrected chi connectivity index (χ1v) is 13.6. The number of anilines is 1. The molecular weight excluding hydrogens is 501 g/mol. The molecule has 2 aliphatic heterocycles. The molecule has 0 saturated carbocycles. The smallest absolute Gasteiger partial charge is 0.197 e. The minimum absolute atomic E-state index is 0.00251. The number of aliphatic hydroxyl groups excluding tert-OH is 1. The molecule has 0 aromatic heterocycles. The van der Waals surface area contributed by atoms with Crippen LogP contribution < -0.4 is 19.1 Å². The highest BCUT2D eigenvalue weighted by Crippen LogP contribution is 2.42. The summed E-state index contributed by atoms with van der Waals surface area (Å²) < 4.78 is 32.5. The quantitative estimate of drug-likeness (QED) is 0.436. The average molecular weight is 542 g/mol. The van der Waals surface area contributed by atoms with Gasteiger partial charge in [-0.1, -0.05) is 20.8 Å². The number of nitrogens with zero attached hydrogens (tertiary/aromatic N) is 2. The zero-order valence-corrected chi connectivity index (χ0v) is 23.8. The van der Waals surface area contributed by atoms with E-state index in [0.29, 0.717) is 49.4 Å². The van der Waals surface area contributed by atoms with Crippen molar-refractivity contribution in [3.63, 3.8) is 0 Å². The maximum absolute atomic E-state index is 15.5. The number of hydrogen-bond acceptors (Lipinski definition) is 7. The normalized spacial score (nSPS) is 15.9. The second-order valence-electron chi connectivity index (χ2n) is 11.1. The number of carbonyl (C=O) groups excluding carboxylic acids is 1. The first kappa shape index (κ1) is 28.7.